The molecule has 10 nitrogen and oxygen atoms in total. The van der Waals surface area contributed by atoms with Gasteiger partial charge in [0.15, 0.2) is 5.71 Å². The van der Waals surface area contributed by atoms with Gasteiger partial charge in [-0.2, -0.15) is 10.1 Å². The van der Waals surface area contributed by atoms with Crippen LogP contribution in [0, 0.1) is 0 Å². The van der Waals surface area contributed by atoms with Crippen LogP contribution in [0.1, 0.15) is 67.9 Å². The third kappa shape index (κ3) is 9.90. The zero-order valence-corrected chi connectivity index (χ0v) is 42.5. The number of allylic oxidation sites excluding steroid dienone is 1. The molecule has 1 N–H and O–H groups in total. The van der Waals surface area contributed by atoms with E-state index < -0.39 is 17.5 Å². The highest BCUT2D eigenvalue weighted by Crippen LogP contribution is 2.41. The Balaban J connectivity index is 0.962. The van der Waals surface area contributed by atoms with Crippen LogP contribution < -0.4 is 20.4 Å². The van der Waals surface area contributed by atoms with E-state index in [0.717, 1.165) is 87.3 Å². The molecule has 0 bridgehead atoms. The van der Waals surface area contributed by atoms with Gasteiger partial charge < -0.3 is 23.9 Å². The molecular weight excluding hydrogens is 951 g/mol. The zero-order chi connectivity index (χ0) is 51.4. The Hall–Kier alpha value is -8.80. The van der Waals surface area contributed by atoms with Crippen molar-refractivity contribution < 1.29 is 19.1 Å². The summed E-state index contributed by atoms with van der Waals surface area (Å²) in [4.78, 5) is 46.7. The minimum Gasteiger partial charge on any atom is -0.476 e. The number of hydrazone groups is 1. The van der Waals surface area contributed by atoms with Gasteiger partial charge in [0.1, 0.15) is 5.58 Å². The Morgan fingerprint density at radius 3 is 2.07 bits per heavy atom. The first-order valence-electron chi connectivity index (χ1n) is 25.7. The Morgan fingerprint density at radius 1 is 0.720 bits per heavy atom. The van der Waals surface area contributed by atoms with Crippen molar-refractivity contribution in [3.05, 3.63) is 221 Å². The van der Waals surface area contributed by atoms with Crippen molar-refractivity contribution in [2.45, 2.75) is 58.3 Å². The smallest absolute Gasteiger partial charge is 0.357 e. The first kappa shape index (κ1) is 48.5. The van der Waals surface area contributed by atoms with Gasteiger partial charge in [0, 0.05) is 57.0 Å². The third-order valence-corrected chi connectivity index (χ3v) is 15.1. The monoisotopic (exact) mass is 1010 g/mol. The Labute approximate surface area is 440 Å². The number of thiophene rings is 1. The van der Waals surface area contributed by atoms with E-state index in [0.29, 0.717) is 27.4 Å². The van der Waals surface area contributed by atoms with Crippen LogP contribution in [0.25, 0.3) is 50.1 Å². The minimum absolute atomic E-state index is 0.0186. The summed E-state index contributed by atoms with van der Waals surface area (Å²) in [6, 6.07) is 60.0. The average molecular weight is 1010 g/mol. The van der Waals surface area contributed by atoms with E-state index in [-0.39, 0.29) is 11.3 Å². The highest BCUT2D eigenvalue weighted by molar-refractivity contribution is 7.16. The summed E-state index contributed by atoms with van der Waals surface area (Å²) < 4.78 is 8.37. The number of aliphatic carboxylic acids is 1. The number of hydrogen-bond donors (Lipinski definition) is 1. The zero-order valence-electron chi connectivity index (χ0n) is 41.7. The molecule has 0 unspecified atom stereocenters. The van der Waals surface area contributed by atoms with E-state index in [9.17, 15) is 19.5 Å². The maximum absolute atomic E-state index is 14.5. The number of benzene rings is 6. The fraction of sp³-hybridized carbons (Fsp3) is 0.156. The number of aromatic nitrogens is 1. The summed E-state index contributed by atoms with van der Waals surface area (Å²) in [5.74, 6) is -1.83. The van der Waals surface area contributed by atoms with Gasteiger partial charge in [0.05, 0.1) is 33.1 Å². The van der Waals surface area contributed by atoms with Crippen LogP contribution in [-0.4, -0.2) is 33.8 Å². The van der Waals surface area contributed by atoms with Crippen molar-refractivity contribution in [3.63, 3.8) is 0 Å². The van der Waals surface area contributed by atoms with Crippen molar-refractivity contribution in [1.82, 2.24) is 4.57 Å². The number of carbonyl (C=O) groups is 2. The average Bonchev–Trinajstić information content (AvgIpc) is 4.19. The number of hydrogen-bond acceptors (Lipinski definition) is 8. The SMILES string of the molecule is C=C(CCCCCCC)c1ccc(N2CCCc3cc4cc(-c5ccc(-c6ccc(/C=C7\C(=O)N(c8ccccc8)N=C7C(=O)O)s6)n5-c5ccc(N(c6ccccc6)c6ccccc6)cc5)c(=O)oc4cc32)cc1. The van der Waals surface area contributed by atoms with Crippen molar-refractivity contribution in [3.8, 4) is 27.5 Å². The van der Waals surface area contributed by atoms with Gasteiger partial charge in [-0.1, -0.05) is 106 Å². The summed E-state index contributed by atoms with van der Waals surface area (Å²) in [5, 5.41) is 16.3. The Kier molecular flexibility index (Phi) is 13.8. The molecule has 0 spiro atoms. The molecule has 0 radical (unpaired) electrons. The number of carboxylic acid groups (broad SMARTS) is 1. The summed E-state index contributed by atoms with van der Waals surface area (Å²) in [6.07, 6.45) is 10.6. The number of para-hydroxylation sites is 3. The molecule has 11 rings (SSSR count). The van der Waals surface area contributed by atoms with Gasteiger partial charge in [-0.15, -0.1) is 11.3 Å². The third-order valence-electron chi connectivity index (χ3n) is 14.0. The fourth-order valence-corrected chi connectivity index (χ4v) is 11.2. The highest BCUT2D eigenvalue weighted by atomic mass is 32.1. The minimum atomic E-state index is -1.30. The van der Waals surface area contributed by atoms with Crippen LogP contribution in [-0.2, 0) is 16.0 Å². The second-order valence-electron chi connectivity index (χ2n) is 19.0. The van der Waals surface area contributed by atoms with Gasteiger partial charge in [-0.3, -0.25) is 4.79 Å². The topological polar surface area (TPSA) is 112 Å². The Bertz CT molecular complexity index is 3650. The van der Waals surface area contributed by atoms with Gasteiger partial charge >= 0.3 is 11.6 Å². The quantitative estimate of drug-likeness (QED) is 0.0549. The first-order valence-corrected chi connectivity index (χ1v) is 26.5. The van der Waals surface area contributed by atoms with Crippen LogP contribution in [0.4, 0.5) is 34.1 Å². The number of carbonyl (C=O) groups excluding carboxylic acids is 1. The van der Waals surface area contributed by atoms with Crippen LogP contribution in [0.2, 0.25) is 0 Å². The molecule has 0 fully saturated rings. The fourth-order valence-electron chi connectivity index (χ4n) is 10.2. The van der Waals surface area contributed by atoms with Crippen LogP contribution in [0.15, 0.2) is 208 Å². The van der Waals surface area contributed by atoms with Crippen LogP contribution >= 0.6 is 11.3 Å². The number of nitrogens with zero attached hydrogens (tertiary/aromatic N) is 5. The van der Waals surface area contributed by atoms with Gasteiger partial charge in [-0.05, 0) is 158 Å². The normalized spacial score (nSPS) is 13.9. The summed E-state index contributed by atoms with van der Waals surface area (Å²) in [5.41, 5.74) is 11.4. The number of carboxylic acids is 1. The molecule has 0 saturated carbocycles. The predicted octanol–water partition coefficient (Wildman–Crippen LogP) is 15.8. The number of rotatable bonds is 17. The highest BCUT2D eigenvalue weighted by Gasteiger charge is 2.35. The lowest BCUT2D eigenvalue weighted by Gasteiger charge is -2.31. The molecule has 372 valence electrons. The molecule has 11 heteroatoms. The van der Waals surface area contributed by atoms with Crippen molar-refractivity contribution in [2.24, 2.45) is 5.10 Å². The number of amides is 1. The van der Waals surface area contributed by atoms with E-state index in [1.807, 2.05) is 91.0 Å². The number of anilines is 6. The first-order chi connectivity index (χ1) is 36.7. The van der Waals surface area contributed by atoms with Crippen molar-refractivity contribution >= 4 is 85.7 Å². The van der Waals surface area contributed by atoms with Crippen molar-refractivity contribution in [2.75, 3.05) is 21.4 Å². The van der Waals surface area contributed by atoms with Crippen LogP contribution in [0.3, 0.4) is 0 Å². The molecule has 75 heavy (non-hydrogen) atoms. The maximum Gasteiger partial charge on any atom is 0.357 e. The number of aryl methyl sites for hydroxylation is 1. The summed E-state index contributed by atoms with van der Waals surface area (Å²) in [6.45, 7) is 7.50. The predicted molar refractivity (Wildman–Crippen MR) is 306 cm³/mol. The Morgan fingerprint density at radius 2 is 1.37 bits per heavy atom. The molecule has 9 aromatic rings. The molecule has 2 aliphatic heterocycles. The second-order valence-corrected chi connectivity index (χ2v) is 20.1. The number of unbranched alkanes of at least 4 members (excludes halogenated alkanes) is 4. The molecule has 5 heterocycles. The molecule has 0 saturated heterocycles. The summed E-state index contributed by atoms with van der Waals surface area (Å²) >= 11 is 1.40. The van der Waals surface area contributed by atoms with Gasteiger partial charge in [0.25, 0.3) is 5.91 Å². The standard InChI is InChI=1S/C64H55N5O5S/c1-3-4-5-6-10-18-43(2)44-26-28-47(29-27-44)66-38-17-19-45-39-46-40-54(64(73)74-59(46)42-58(45)66)56-35-36-57(60-37-34-53(75-60)41-55-61(63(71)72)65-69(62(55)70)52-24-15-9-16-25-52)68(56)51-32-30-50(31-33-51)67(48-20-11-7-12-21-48)49-22-13-8-14-23-49/h7-9,11-16,20-37,39-42H,2-6,10,17-19,38H2,1H3,(H,71,72)/b55-41-. The number of fused-ring (bicyclic) bond motifs is 2. The lowest BCUT2D eigenvalue weighted by atomic mass is 9.97. The molecule has 2 aliphatic rings. The maximum atomic E-state index is 14.5. The lowest BCUT2D eigenvalue weighted by Crippen LogP contribution is -2.24. The van der Waals surface area contributed by atoms with E-state index in [2.05, 4.69) is 99.7 Å². The second kappa shape index (κ2) is 21.3. The van der Waals surface area contributed by atoms with E-state index >= 15 is 0 Å². The van der Waals surface area contributed by atoms with Gasteiger partial charge in [-0.25, -0.2) is 9.59 Å². The molecular formula is C64H55N5O5S. The molecule has 6 aromatic carbocycles. The van der Waals surface area contributed by atoms with Gasteiger partial charge in [0.2, 0.25) is 0 Å². The molecule has 0 atom stereocenters. The molecule has 3 aromatic heterocycles. The van der Waals surface area contributed by atoms with Crippen molar-refractivity contribution in [1.29, 1.82) is 0 Å². The van der Waals surface area contributed by atoms with E-state index in [1.54, 1.807) is 30.3 Å². The van der Waals surface area contributed by atoms with Crippen LogP contribution in [0.5, 0.6) is 0 Å². The van der Waals surface area contributed by atoms with E-state index in [4.69, 9.17) is 4.42 Å². The largest absolute Gasteiger partial charge is 0.476 e. The molecule has 1 amide bonds. The summed E-state index contributed by atoms with van der Waals surface area (Å²) in [7, 11) is 0. The van der Waals surface area contributed by atoms with E-state index in [1.165, 1.54) is 53.7 Å². The lowest BCUT2D eigenvalue weighted by molar-refractivity contribution is -0.129. The molecule has 0 aliphatic carbocycles.